The molecule has 3 heterocycles. The van der Waals surface area contributed by atoms with Crippen molar-refractivity contribution in [2.45, 2.75) is 25.0 Å². The van der Waals surface area contributed by atoms with Crippen molar-refractivity contribution in [3.63, 3.8) is 0 Å². The van der Waals surface area contributed by atoms with Gasteiger partial charge in [0.25, 0.3) is 0 Å². The first-order chi connectivity index (χ1) is 9.74. The van der Waals surface area contributed by atoms with Crippen molar-refractivity contribution in [1.29, 1.82) is 0 Å². The van der Waals surface area contributed by atoms with Crippen LogP contribution in [-0.2, 0) is 9.53 Å². The third-order valence-corrected chi connectivity index (χ3v) is 4.31. The molecule has 0 bridgehead atoms. The van der Waals surface area contributed by atoms with E-state index in [0.29, 0.717) is 26.2 Å². The maximum absolute atomic E-state index is 12.2. The number of urea groups is 1. The Hall–Kier alpha value is -1.34. The van der Waals surface area contributed by atoms with E-state index in [0.717, 1.165) is 25.9 Å². The molecule has 7 heteroatoms. The van der Waals surface area contributed by atoms with Crippen LogP contribution in [0.2, 0.25) is 0 Å². The first kappa shape index (κ1) is 13.6. The second-order valence-corrected chi connectivity index (χ2v) is 5.63. The molecule has 0 spiro atoms. The standard InChI is InChI=1S/C13H22N4O3/c18-12(9-20-11-1-3-14-4-2-11)16-5-6-17-10(8-16)7-15-13(17)19/h10-11,14H,1-9H2,(H,15,19). The van der Waals surface area contributed by atoms with Gasteiger partial charge in [-0.15, -0.1) is 0 Å². The minimum absolute atomic E-state index is 0.00643. The van der Waals surface area contributed by atoms with Crippen molar-refractivity contribution in [2.75, 3.05) is 45.9 Å². The molecular formula is C13H22N4O3. The van der Waals surface area contributed by atoms with Gasteiger partial charge in [0, 0.05) is 26.2 Å². The van der Waals surface area contributed by atoms with E-state index >= 15 is 0 Å². The van der Waals surface area contributed by atoms with Gasteiger partial charge in [-0.25, -0.2) is 4.79 Å². The molecule has 0 saturated carbocycles. The van der Waals surface area contributed by atoms with Crippen LogP contribution < -0.4 is 10.6 Å². The van der Waals surface area contributed by atoms with Crippen LogP contribution >= 0.6 is 0 Å². The lowest BCUT2D eigenvalue weighted by Gasteiger charge is -2.36. The minimum Gasteiger partial charge on any atom is -0.368 e. The summed E-state index contributed by atoms with van der Waals surface area (Å²) in [6.45, 7) is 4.58. The van der Waals surface area contributed by atoms with Crippen molar-refractivity contribution in [1.82, 2.24) is 20.4 Å². The van der Waals surface area contributed by atoms with Gasteiger partial charge in [-0.1, -0.05) is 0 Å². The number of rotatable bonds is 3. The Morgan fingerprint density at radius 1 is 1.30 bits per heavy atom. The van der Waals surface area contributed by atoms with Crippen LogP contribution in [0, 0.1) is 0 Å². The van der Waals surface area contributed by atoms with Gasteiger partial charge in [0.05, 0.1) is 12.1 Å². The van der Waals surface area contributed by atoms with Gasteiger partial charge in [-0.3, -0.25) is 4.79 Å². The fraction of sp³-hybridized carbons (Fsp3) is 0.846. The number of hydrogen-bond donors (Lipinski definition) is 2. The molecule has 3 rings (SSSR count). The molecular weight excluding hydrogens is 260 g/mol. The van der Waals surface area contributed by atoms with E-state index in [-0.39, 0.29) is 30.7 Å². The fourth-order valence-electron chi connectivity index (χ4n) is 3.07. The summed E-state index contributed by atoms with van der Waals surface area (Å²) in [5.41, 5.74) is 0. The lowest BCUT2D eigenvalue weighted by Crippen LogP contribution is -2.54. The number of nitrogens with zero attached hydrogens (tertiary/aromatic N) is 2. The first-order valence-electron chi connectivity index (χ1n) is 7.38. The fourth-order valence-corrected chi connectivity index (χ4v) is 3.07. The van der Waals surface area contributed by atoms with E-state index in [9.17, 15) is 9.59 Å². The smallest absolute Gasteiger partial charge is 0.317 e. The highest BCUT2D eigenvalue weighted by Gasteiger charge is 2.36. The molecule has 1 atom stereocenters. The third kappa shape index (κ3) is 2.88. The maximum atomic E-state index is 12.2. The van der Waals surface area contributed by atoms with Gasteiger partial charge in [0.15, 0.2) is 0 Å². The summed E-state index contributed by atoms with van der Waals surface area (Å²) in [6, 6.07) is 0.118. The summed E-state index contributed by atoms with van der Waals surface area (Å²) in [5.74, 6) is 0.0440. The van der Waals surface area contributed by atoms with Gasteiger partial charge in [-0.2, -0.15) is 0 Å². The number of carbonyl (C=O) groups excluding carboxylic acids is 2. The molecule has 3 saturated heterocycles. The summed E-state index contributed by atoms with van der Waals surface area (Å²) in [6.07, 6.45) is 2.15. The molecule has 2 N–H and O–H groups in total. The van der Waals surface area contributed by atoms with Gasteiger partial charge < -0.3 is 25.2 Å². The zero-order valence-electron chi connectivity index (χ0n) is 11.6. The third-order valence-electron chi connectivity index (χ3n) is 4.31. The molecule has 3 fully saturated rings. The van der Waals surface area contributed by atoms with Crippen molar-refractivity contribution in [3.05, 3.63) is 0 Å². The summed E-state index contributed by atoms with van der Waals surface area (Å²) in [4.78, 5) is 27.3. The predicted octanol–water partition coefficient (Wildman–Crippen LogP) is -1.01. The van der Waals surface area contributed by atoms with E-state index in [2.05, 4.69) is 10.6 Å². The Labute approximate surface area is 118 Å². The number of piperidine rings is 1. The Bertz CT molecular complexity index is 384. The molecule has 0 aliphatic carbocycles. The monoisotopic (exact) mass is 282 g/mol. The van der Waals surface area contributed by atoms with Gasteiger partial charge in [0.1, 0.15) is 6.61 Å². The highest BCUT2D eigenvalue weighted by Crippen LogP contribution is 2.15. The van der Waals surface area contributed by atoms with E-state index < -0.39 is 0 Å². The first-order valence-corrected chi connectivity index (χ1v) is 7.38. The summed E-state index contributed by atoms with van der Waals surface area (Å²) in [7, 11) is 0. The zero-order valence-corrected chi connectivity index (χ0v) is 11.6. The number of carbonyl (C=O) groups is 2. The number of nitrogens with one attached hydrogen (secondary N) is 2. The normalized spacial score (nSPS) is 27.4. The number of amides is 3. The summed E-state index contributed by atoms with van der Waals surface area (Å²) < 4.78 is 5.70. The number of hydrogen-bond acceptors (Lipinski definition) is 4. The Morgan fingerprint density at radius 3 is 2.90 bits per heavy atom. The zero-order chi connectivity index (χ0) is 13.9. The molecule has 1 unspecified atom stereocenters. The SMILES string of the molecule is O=C(COC1CCNCC1)N1CCN2C(=O)NCC2C1. The van der Waals surface area contributed by atoms with Crippen LogP contribution in [0.4, 0.5) is 4.79 Å². The molecule has 3 aliphatic rings. The minimum atomic E-state index is -0.00643. The average molecular weight is 282 g/mol. The van der Waals surface area contributed by atoms with Gasteiger partial charge in [-0.05, 0) is 25.9 Å². The van der Waals surface area contributed by atoms with E-state index in [1.807, 2.05) is 9.80 Å². The molecule has 7 nitrogen and oxygen atoms in total. The molecule has 3 amide bonds. The number of piperazine rings is 1. The second-order valence-electron chi connectivity index (χ2n) is 5.63. The average Bonchev–Trinajstić information content (AvgIpc) is 2.87. The lowest BCUT2D eigenvalue weighted by molar-refractivity contribution is -0.140. The summed E-state index contributed by atoms with van der Waals surface area (Å²) in [5, 5.41) is 6.09. The summed E-state index contributed by atoms with van der Waals surface area (Å²) >= 11 is 0. The van der Waals surface area contributed by atoms with E-state index in [1.54, 1.807) is 0 Å². The predicted molar refractivity (Wildman–Crippen MR) is 72.3 cm³/mol. The van der Waals surface area contributed by atoms with Crippen molar-refractivity contribution >= 4 is 11.9 Å². The van der Waals surface area contributed by atoms with Crippen LogP contribution in [0.15, 0.2) is 0 Å². The topological polar surface area (TPSA) is 73.9 Å². The highest BCUT2D eigenvalue weighted by molar-refractivity contribution is 5.80. The van der Waals surface area contributed by atoms with Crippen molar-refractivity contribution in [2.24, 2.45) is 0 Å². The molecule has 112 valence electrons. The largest absolute Gasteiger partial charge is 0.368 e. The second kappa shape index (κ2) is 5.97. The van der Waals surface area contributed by atoms with Gasteiger partial charge >= 0.3 is 6.03 Å². The number of fused-ring (bicyclic) bond motifs is 1. The maximum Gasteiger partial charge on any atom is 0.317 e. The number of ether oxygens (including phenoxy) is 1. The van der Waals surface area contributed by atoms with E-state index in [4.69, 9.17) is 4.74 Å². The quantitative estimate of drug-likeness (QED) is 0.696. The van der Waals surface area contributed by atoms with Crippen LogP contribution in [0.25, 0.3) is 0 Å². The highest BCUT2D eigenvalue weighted by atomic mass is 16.5. The van der Waals surface area contributed by atoms with Crippen LogP contribution in [0.1, 0.15) is 12.8 Å². The lowest BCUT2D eigenvalue weighted by atomic mass is 10.1. The molecule has 0 aromatic rings. The van der Waals surface area contributed by atoms with Crippen LogP contribution in [0.5, 0.6) is 0 Å². The Morgan fingerprint density at radius 2 is 2.10 bits per heavy atom. The molecule has 0 radical (unpaired) electrons. The molecule has 0 aromatic heterocycles. The molecule has 3 aliphatic heterocycles. The van der Waals surface area contributed by atoms with Gasteiger partial charge in [0.2, 0.25) is 5.91 Å². The molecule has 0 aromatic carbocycles. The Balaban J connectivity index is 1.44. The van der Waals surface area contributed by atoms with Crippen LogP contribution in [0.3, 0.4) is 0 Å². The Kier molecular flexibility index (Phi) is 4.07. The van der Waals surface area contributed by atoms with E-state index in [1.165, 1.54) is 0 Å². The van der Waals surface area contributed by atoms with Crippen molar-refractivity contribution < 1.29 is 14.3 Å². The molecule has 20 heavy (non-hydrogen) atoms. The van der Waals surface area contributed by atoms with Crippen LogP contribution in [-0.4, -0.2) is 79.8 Å². The van der Waals surface area contributed by atoms with Crippen molar-refractivity contribution in [3.8, 4) is 0 Å².